The Balaban J connectivity index is 2.01. The van der Waals surface area contributed by atoms with Gasteiger partial charge < -0.3 is 10.1 Å². The molecule has 3 aromatic rings. The fraction of sp³-hybridized carbons (Fsp3) is 0.231. The van der Waals surface area contributed by atoms with Gasteiger partial charge in [-0.3, -0.25) is 9.59 Å². The summed E-state index contributed by atoms with van der Waals surface area (Å²) >= 11 is 5.73. The number of anilines is 1. The van der Waals surface area contributed by atoms with Crippen molar-refractivity contribution in [1.82, 2.24) is 0 Å². The van der Waals surface area contributed by atoms with Gasteiger partial charge in [-0.05, 0) is 55.0 Å². The lowest BCUT2D eigenvalue weighted by Gasteiger charge is -2.31. The predicted octanol–water partition coefficient (Wildman–Crippen LogP) is 8.50. The molecular weight excluding hydrogens is 619 g/mol. The monoisotopic (exact) mass is 633 g/mol. The van der Waals surface area contributed by atoms with E-state index in [1.54, 1.807) is 0 Å². The summed E-state index contributed by atoms with van der Waals surface area (Å²) in [5.41, 5.74) is -10.5. The lowest BCUT2D eigenvalue weighted by atomic mass is 9.91. The van der Waals surface area contributed by atoms with Gasteiger partial charge in [-0.1, -0.05) is 17.7 Å². The van der Waals surface area contributed by atoms with Crippen molar-refractivity contribution in [3.8, 4) is 5.75 Å². The van der Waals surface area contributed by atoms with E-state index in [0.717, 1.165) is 36.4 Å². The van der Waals surface area contributed by atoms with Crippen molar-refractivity contribution in [2.24, 2.45) is 0 Å². The van der Waals surface area contributed by atoms with Crippen molar-refractivity contribution < 1.29 is 62.6 Å². The Kier molecular flexibility index (Phi) is 9.15. The molecule has 1 N–H and O–H groups in total. The highest BCUT2D eigenvalue weighted by Crippen LogP contribution is 2.54. The van der Waals surface area contributed by atoms with Crippen LogP contribution in [0, 0.1) is 18.6 Å². The minimum absolute atomic E-state index is 0.0603. The summed E-state index contributed by atoms with van der Waals surface area (Å²) in [5.74, 6) is -5.73. The summed E-state index contributed by atoms with van der Waals surface area (Å²) < 4.78 is 152. The summed E-state index contributed by atoms with van der Waals surface area (Å²) in [4.78, 5) is 25.4. The number of halogens is 12. The Morgan fingerprint density at radius 3 is 2.07 bits per heavy atom. The quantitative estimate of drug-likeness (QED) is 0.200. The first-order valence-electron chi connectivity index (χ1n) is 11.3. The first-order valence-corrected chi connectivity index (χ1v) is 11.6. The smallest absolute Gasteiger partial charge is 0.434 e. The van der Waals surface area contributed by atoms with Crippen LogP contribution in [-0.2, 0) is 12.1 Å². The van der Waals surface area contributed by atoms with Crippen LogP contribution in [0.5, 0.6) is 5.75 Å². The van der Waals surface area contributed by atoms with Crippen LogP contribution in [0.3, 0.4) is 0 Å². The second-order valence-electron chi connectivity index (χ2n) is 8.65. The fourth-order valence-corrected chi connectivity index (χ4v) is 4.12. The second-order valence-corrected chi connectivity index (χ2v) is 9.05. The lowest BCUT2D eigenvalue weighted by Crippen LogP contribution is -2.50. The van der Waals surface area contributed by atoms with Crippen LogP contribution >= 0.6 is 11.6 Å². The minimum atomic E-state index is -6.62. The molecule has 0 spiro atoms. The SMILES string of the molecule is Cc1cc(F)ccc1C(=O)Nc1cccc(C(=O)Cc2c(Cl)cc(C(F)(C(F)(F)F)C(F)(F)F)cc2OC(F)F)c1F. The van der Waals surface area contributed by atoms with Gasteiger partial charge in [0.15, 0.2) is 11.6 Å². The van der Waals surface area contributed by atoms with Crippen molar-refractivity contribution in [1.29, 1.82) is 0 Å². The fourth-order valence-electron chi connectivity index (χ4n) is 3.84. The van der Waals surface area contributed by atoms with E-state index >= 15 is 4.39 Å². The maximum atomic E-state index is 15.2. The van der Waals surface area contributed by atoms with Gasteiger partial charge >= 0.3 is 24.6 Å². The van der Waals surface area contributed by atoms with E-state index in [1.807, 2.05) is 0 Å². The zero-order valence-corrected chi connectivity index (χ0v) is 21.4. The third-order valence-electron chi connectivity index (χ3n) is 5.87. The second kappa shape index (κ2) is 11.8. The van der Waals surface area contributed by atoms with E-state index < -0.39 is 87.5 Å². The molecule has 3 aromatic carbocycles. The van der Waals surface area contributed by atoms with E-state index in [-0.39, 0.29) is 23.3 Å². The molecular formula is C26H15ClF11NO3. The average Bonchev–Trinajstić information content (AvgIpc) is 2.84. The molecule has 0 unspecified atom stereocenters. The number of ether oxygens (including phenoxy) is 1. The summed E-state index contributed by atoms with van der Waals surface area (Å²) in [6.45, 7) is -2.49. The number of nitrogens with one attached hydrogen (secondary N) is 1. The summed E-state index contributed by atoms with van der Waals surface area (Å²) in [5, 5.41) is 0.949. The van der Waals surface area contributed by atoms with Crippen LogP contribution < -0.4 is 10.1 Å². The van der Waals surface area contributed by atoms with Gasteiger partial charge in [0.1, 0.15) is 11.6 Å². The van der Waals surface area contributed by atoms with Gasteiger partial charge in [0, 0.05) is 28.1 Å². The maximum Gasteiger partial charge on any atom is 0.435 e. The molecule has 42 heavy (non-hydrogen) atoms. The molecule has 4 nitrogen and oxygen atoms in total. The standard InChI is InChI=1S/C26H15ClF11NO3/c1-11-7-13(28)5-6-14(11)22(41)39-18-4-2-3-15(21(18)29)19(40)10-16-17(27)8-12(9-20(16)42-23(30)31)24(32,25(33,34)35)26(36,37)38/h2-9,23H,10H2,1H3,(H,39,41). The maximum absolute atomic E-state index is 15.2. The largest absolute Gasteiger partial charge is 0.435 e. The summed E-state index contributed by atoms with van der Waals surface area (Å²) in [6.07, 6.45) is -14.5. The van der Waals surface area contributed by atoms with Gasteiger partial charge in [0.05, 0.1) is 11.3 Å². The molecule has 0 aliphatic heterocycles. The molecule has 0 aromatic heterocycles. The van der Waals surface area contributed by atoms with Crippen LogP contribution in [0.15, 0.2) is 48.5 Å². The molecule has 3 rings (SSSR count). The first kappa shape index (κ1) is 32.6. The molecule has 0 aliphatic carbocycles. The number of carbonyl (C=O) groups excluding carboxylic acids is 2. The number of aryl methyl sites for hydroxylation is 1. The lowest BCUT2D eigenvalue weighted by molar-refractivity contribution is -0.348. The topological polar surface area (TPSA) is 55.4 Å². The average molecular weight is 634 g/mol. The van der Waals surface area contributed by atoms with Crippen LogP contribution in [0.2, 0.25) is 5.02 Å². The van der Waals surface area contributed by atoms with E-state index in [0.29, 0.717) is 0 Å². The zero-order chi connectivity index (χ0) is 31.8. The molecule has 0 heterocycles. The van der Waals surface area contributed by atoms with Gasteiger partial charge in [-0.15, -0.1) is 0 Å². The number of Topliss-reactive ketones (excluding diaryl/α,β-unsaturated/α-hetero) is 1. The zero-order valence-electron chi connectivity index (χ0n) is 20.7. The molecule has 16 heteroatoms. The third-order valence-corrected chi connectivity index (χ3v) is 6.20. The van der Waals surface area contributed by atoms with Crippen LogP contribution in [0.1, 0.15) is 37.4 Å². The van der Waals surface area contributed by atoms with Crippen molar-refractivity contribution in [2.45, 2.75) is 38.0 Å². The first-order chi connectivity index (χ1) is 19.3. The molecule has 0 aliphatic rings. The predicted molar refractivity (Wildman–Crippen MR) is 127 cm³/mol. The molecule has 0 saturated carbocycles. The van der Waals surface area contributed by atoms with Crippen molar-refractivity contribution in [2.75, 3.05) is 5.32 Å². The molecule has 226 valence electrons. The third kappa shape index (κ3) is 6.45. The van der Waals surface area contributed by atoms with E-state index in [9.17, 15) is 53.5 Å². The Hall–Kier alpha value is -3.88. The molecule has 0 saturated heterocycles. The van der Waals surface area contributed by atoms with Crippen LogP contribution in [0.25, 0.3) is 0 Å². The van der Waals surface area contributed by atoms with Crippen molar-refractivity contribution >= 4 is 29.0 Å². The van der Waals surface area contributed by atoms with Gasteiger partial charge in [-0.25, -0.2) is 13.2 Å². The van der Waals surface area contributed by atoms with E-state index in [2.05, 4.69) is 10.1 Å². The van der Waals surface area contributed by atoms with Crippen molar-refractivity contribution in [3.63, 3.8) is 0 Å². The van der Waals surface area contributed by atoms with Crippen LogP contribution in [0.4, 0.5) is 54.0 Å². The number of alkyl halides is 9. The molecule has 1 amide bonds. The van der Waals surface area contributed by atoms with E-state index in [1.165, 1.54) is 6.92 Å². The number of carbonyl (C=O) groups is 2. The summed E-state index contributed by atoms with van der Waals surface area (Å²) in [7, 11) is 0. The Bertz CT molecular complexity index is 1510. The number of hydrogen-bond acceptors (Lipinski definition) is 3. The Morgan fingerprint density at radius 1 is 0.905 bits per heavy atom. The normalized spacial score (nSPS) is 12.4. The van der Waals surface area contributed by atoms with Gasteiger partial charge in [0.2, 0.25) is 0 Å². The number of ketones is 1. The van der Waals surface area contributed by atoms with Gasteiger partial charge in [-0.2, -0.15) is 35.1 Å². The highest BCUT2D eigenvalue weighted by molar-refractivity contribution is 6.32. The van der Waals surface area contributed by atoms with Crippen LogP contribution in [-0.4, -0.2) is 30.7 Å². The highest BCUT2D eigenvalue weighted by atomic mass is 35.5. The van der Waals surface area contributed by atoms with Gasteiger partial charge in [0.25, 0.3) is 5.91 Å². The molecule has 0 radical (unpaired) electrons. The minimum Gasteiger partial charge on any atom is -0.434 e. The number of hydrogen-bond donors (Lipinski definition) is 1. The molecule has 0 atom stereocenters. The number of rotatable bonds is 8. The van der Waals surface area contributed by atoms with E-state index in [4.69, 9.17) is 11.6 Å². The van der Waals surface area contributed by atoms with Crippen molar-refractivity contribution in [3.05, 3.63) is 93.0 Å². The molecule has 0 bridgehead atoms. The Labute approximate surface area is 234 Å². The summed E-state index contributed by atoms with van der Waals surface area (Å²) in [6, 6.07) is 5.55. The number of benzene rings is 3. The Morgan fingerprint density at radius 2 is 1.52 bits per heavy atom. The highest BCUT2D eigenvalue weighted by Gasteiger charge is 2.73. The molecule has 0 fully saturated rings. The number of amides is 1.